The Kier molecular flexibility index (Phi) is 3.08. The largest absolute Gasteiger partial charge is 0.423 e. The summed E-state index contributed by atoms with van der Waals surface area (Å²) in [6.07, 6.45) is 6.23. The molecule has 1 aliphatic heterocycles. The van der Waals surface area contributed by atoms with Gasteiger partial charge in [-0.25, -0.2) is 0 Å². The van der Waals surface area contributed by atoms with Gasteiger partial charge in [-0.15, -0.1) is 0 Å². The van der Waals surface area contributed by atoms with Crippen molar-refractivity contribution in [2.45, 2.75) is 25.5 Å². The van der Waals surface area contributed by atoms with Crippen molar-refractivity contribution in [2.24, 2.45) is 0 Å². The minimum absolute atomic E-state index is 0.280. The van der Waals surface area contributed by atoms with Crippen LogP contribution in [-0.4, -0.2) is 27.5 Å². The molecule has 1 aliphatic rings. The molecule has 0 spiro atoms. The maximum absolute atomic E-state index is 5.63. The number of hydrogen-bond donors (Lipinski definition) is 1. The van der Waals surface area contributed by atoms with Crippen LogP contribution in [0.3, 0.4) is 0 Å². The zero-order valence-corrected chi connectivity index (χ0v) is 11.5. The second-order valence-electron chi connectivity index (χ2n) is 5.20. The molecule has 3 aromatic rings. The van der Waals surface area contributed by atoms with E-state index >= 15 is 0 Å². The SMILES string of the molecule is c1ccc2oc(Nc3cnn(C[C@@H]4CCCO4)c3)nc2c1. The number of ether oxygens (including phenoxy) is 1. The van der Waals surface area contributed by atoms with Crippen LogP contribution in [0.5, 0.6) is 0 Å². The number of rotatable bonds is 4. The average molecular weight is 284 g/mol. The molecule has 1 saturated heterocycles. The lowest BCUT2D eigenvalue weighted by Crippen LogP contribution is -2.15. The zero-order valence-electron chi connectivity index (χ0n) is 11.5. The van der Waals surface area contributed by atoms with Gasteiger partial charge in [-0.2, -0.15) is 10.1 Å². The molecule has 21 heavy (non-hydrogen) atoms. The van der Waals surface area contributed by atoms with E-state index < -0.39 is 0 Å². The Labute approximate surface area is 121 Å². The molecule has 0 radical (unpaired) electrons. The predicted molar refractivity (Wildman–Crippen MR) is 78.5 cm³/mol. The van der Waals surface area contributed by atoms with E-state index in [-0.39, 0.29) is 6.10 Å². The Morgan fingerprint density at radius 1 is 1.33 bits per heavy atom. The van der Waals surface area contributed by atoms with E-state index in [1.54, 1.807) is 6.20 Å². The lowest BCUT2D eigenvalue weighted by atomic mass is 10.2. The van der Waals surface area contributed by atoms with E-state index in [1.165, 1.54) is 0 Å². The van der Waals surface area contributed by atoms with Crippen LogP contribution in [0.1, 0.15) is 12.8 Å². The van der Waals surface area contributed by atoms with Gasteiger partial charge in [-0.1, -0.05) is 12.1 Å². The first kappa shape index (κ1) is 12.4. The minimum Gasteiger partial charge on any atom is -0.423 e. The minimum atomic E-state index is 0.280. The Morgan fingerprint density at radius 3 is 3.14 bits per heavy atom. The van der Waals surface area contributed by atoms with E-state index in [4.69, 9.17) is 9.15 Å². The molecular formula is C15H16N4O2. The molecule has 0 saturated carbocycles. The number of fused-ring (bicyclic) bond motifs is 1. The summed E-state index contributed by atoms with van der Waals surface area (Å²) in [7, 11) is 0. The Bertz CT molecular complexity index is 710. The second kappa shape index (κ2) is 5.21. The van der Waals surface area contributed by atoms with Crippen molar-refractivity contribution in [1.82, 2.24) is 14.8 Å². The molecule has 1 atom stereocenters. The highest BCUT2D eigenvalue weighted by Crippen LogP contribution is 2.22. The molecule has 0 aliphatic carbocycles. The van der Waals surface area contributed by atoms with E-state index in [0.717, 1.165) is 42.8 Å². The van der Waals surface area contributed by atoms with Crippen molar-refractivity contribution in [3.63, 3.8) is 0 Å². The molecule has 6 heteroatoms. The normalized spacial score (nSPS) is 18.4. The summed E-state index contributed by atoms with van der Waals surface area (Å²) in [4.78, 5) is 4.38. The molecule has 0 bridgehead atoms. The summed E-state index contributed by atoms with van der Waals surface area (Å²) in [5, 5.41) is 7.47. The van der Waals surface area contributed by atoms with E-state index in [9.17, 15) is 0 Å². The van der Waals surface area contributed by atoms with Crippen molar-refractivity contribution in [3.8, 4) is 0 Å². The van der Waals surface area contributed by atoms with Crippen LogP contribution in [0, 0.1) is 0 Å². The third-order valence-corrected chi connectivity index (χ3v) is 3.59. The molecule has 0 amide bonds. The fourth-order valence-electron chi connectivity index (χ4n) is 2.57. The van der Waals surface area contributed by atoms with Gasteiger partial charge in [0.15, 0.2) is 5.58 Å². The number of para-hydroxylation sites is 2. The molecule has 1 N–H and O–H groups in total. The third-order valence-electron chi connectivity index (χ3n) is 3.59. The van der Waals surface area contributed by atoms with Gasteiger partial charge >= 0.3 is 0 Å². The monoisotopic (exact) mass is 284 g/mol. The fraction of sp³-hybridized carbons (Fsp3) is 0.333. The van der Waals surface area contributed by atoms with Crippen molar-refractivity contribution >= 4 is 22.8 Å². The maximum Gasteiger partial charge on any atom is 0.300 e. The summed E-state index contributed by atoms with van der Waals surface area (Å²) >= 11 is 0. The Balaban J connectivity index is 1.47. The van der Waals surface area contributed by atoms with Crippen LogP contribution in [0.4, 0.5) is 11.7 Å². The molecule has 4 rings (SSSR count). The second-order valence-corrected chi connectivity index (χ2v) is 5.20. The molecule has 2 aromatic heterocycles. The fourth-order valence-corrected chi connectivity index (χ4v) is 2.57. The van der Waals surface area contributed by atoms with Crippen LogP contribution in [0.15, 0.2) is 41.1 Å². The number of anilines is 2. The number of hydrogen-bond acceptors (Lipinski definition) is 5. The van der Waals surface area contributed by atoms with Gasteiger partial charge in [0.1, 0.15) is 5.52 Å². The van der Waals surface area contributed by atoms with Gasteiger partial charge in [0, 0.05) is 12.8 Å². The maximum atomic E-state index is 5.63. The zero-order chi connectivity index (χ0) is 14.1. The third kappa shape index (κ3) is 2.62. The predicted octanol–water partition coefficient (Wildman–Crippen LogP) is 2.95. The van der Waals surface area contributed by atoms with Crippen molar-refractivity contribution in [3.05, 3.63) is 36.7 Å². The van der Waals surface area contributed by atoms with E-state index in [2.05, 4.69) is 15.4 Å². The van der Waals surface area contributed by atoms with Crippen molar-refractivity contribution in [2.75, 3.05) is 11.9 Å². The van der Waals surface area contributed by atoms with Gasteiger partial charge in [0.05, 0.1) is 24.5 Å². The summed E-state index contributed by atoms with van der Waals surface area (Å²) in [5.41, 5.74) is 2.47. The molecule has 1 aromatic carbocycles. The van der Waals surface area contributed by atoms with Gasteiger partial charge in [0.25, 0.3) is 6.01 Å². The van der Waals surface area contributed by atoms with Crippen LogP contribution >= 0.6 is 0 Å². The summed E-state index contributed by atoms with van der Waals surface area (Å²) in [6, 6.07) is 8.16. The quantitative estimate of drug-likeness (QED) is 0.798. The highest BCUT2D eigenvalue weighted by molar-refractivity contribution is 5.74. The summed E-state index contributed by atoms with van der Waals surface area (Å²) in [5.74, 6) is 0. The average Bonchev–Trinajstić information content (AvgIpc) is 3.20. The first-order valence-corrected chi connectivity index (χ1v) is 7.13. The van der Waals surface area contributed by atoms with Gasteiger partial charge in [-0.05, 0) is 25.0 Å². The highest BCUT2D eigenvalue weighted by atomic mass is 16.5. The van der Waals surface area contributed by atoms with E-state index in [1.807, 2.05) is 35.1 Å². The topological polar surface area (TPSA) is 65.1 Å². The lowest BCUT2D eigenvalue weighted by Gasteiger charge is -2.08. The van der Waals surface area contributed by atoms with Gasteiger partial charge < -0.3 is 14.5 Å². The Hall–Kier alpha value is -2.34. The molecule has 3 heterocycles. The van der Waals surface area contributed by atoms with Crippen LogP contribution in [0.25, 0.3) is 11.1 Å². The van der Waals surface area contributed by atoms with Gasteiger partial charge in [-0.3, -0.25) is 4.68 Å². The smallest absolute Gasteiger partial charge is 0.300 e. The standard InChI is InChI=1S/C15H16N4O2/c1-2-6-14-13(5-1)18-15(21-14)17-11-8-16-19(9-11)10-12-4-3-7-20-12/h1-2,5-6,8-9,12H,3-4,7,10H2,(H,17,18)/t12-/m0/s1. The number of nitrogens with zero attached hydrogens (tertiary/aromatic N) is 3. The van der Waals surface area contributed by atoms with Gasteiger partial charge in [0.2, 0.25) is 0 Å². The Morgan fingerprint density at radius 2 is 2.29 bits per heavy atom. The molecule has 6 nitrogen and oxygen atoms in total. The summed E-state index contributed by atoms with van der Waals surface area (Å²) < 4.78 is 13.1. The first-order chi connectivity index (χ1) is 10.4. The number of aromatic nitrogens is 3. The summed E-state index contributed by atoms with van der Waals surface area (Å²) in [6.45, 7) is 1.65. The number of oxazole rings is 1. The van der Waals surface area contributed by atoms with Crippen LogP contribution in [-0.2, 0) is 11.3 Å². The molecule has 108 valence electrons. The van der Waals surface area contributed by atoms with Crippen molar-refractivity contribution < 1.29 is 9.15 Å². The number of benzene rings is 1. The van der Waals surface area contributed by atoms with Crippen LogP contribution < -0.4 is 5.32 Å². The molecule has 0 unspecified atom stereocenters. The number of nitrogens with one attached hydrogen (secondary N) is 1. The highest BCUT2D eigenvalue weighted by Gasteiger charge is 2.16. The molecular weight excluding hydrogens is 268 g/mol. The van der Waals surface area contributed by atoms with Crippen LogP contribution in [0.2, 0.25) is 0 Å². The van der Waals surface area contributed by atoms with E-state index in [0.29, 0.717) is 6.01 Å². The first-order valence-electron chi connectivity index (χ1n) is 7.13. The molecule has 1 fully saturated rings. The van der Waals surface area contributed by atoms with Crippen molar-refractivity contribution in [1.29, 1.82) is 0 Å². The lowest BCUT2D eigenvalue weighted by molar-refractivity contribution is 0.0940.